The molecule has 0 aliphatic carbocycles. The summed E-state index contributed by atoms with van der Waals surface area (Å²) in [5.41, 5.74) is 5.30. The van der Waals surface area contributed by atoms with Crippen molar-refractivity contribution < 1.29 is 9.90 Å². The molecule has 0 aromatic rings. The van der Waals surface area contributed by atoms with Crippen molar-refractivity contribution in [2.75, 3.05) is 6.54 Å². The Morgan fingerprint density at radius 1 is 0.833 bits per heavy atom. The van der Waals surface area contributed by atoms with E-state index >= 15 is 0 Å². The molecule has 5 N–H and O–H groups in total. The van der Waals surface area contributed by atoms with Crippen molar-refractivity contribution >= 4 is 5.97 Å². The van der Waals surface area contributed by atoms with Crippen LogP contribution in [0.1, 0.15) is 70.6 Å². The number of hydrogen-bond acceptors (Lipinski definition) is 4. The average molecular weight is 259 g/mol. The van der Waals surface area contributed by atoms with Crippen LogP contribution in [-0.4, -0.2) is 17.6 Å². The number of nitrogens with one attached hydrogen (secondary N) is 2. The van der Waals surface area contributed by atoms with Gasteiger partial charge in [-0.15, -0.1) is 0 Å². The number of nitrogens with two attached hydrogens (primary N) is 1. The zero-order chi connectivity index (χ0) is 13.5. The van der Waals surface area contributed by atoms with E-state index in [1.54, 1.807) is 0 Å². The van der Waals surface area contributed by atoms with Gasteiger partial charge in [0.15, 0.2) is 0 Å². The van der Waals surface area contributed by atoms with Gasteiger partial charge in [-0.3, -0.25) is 10.6 Å². The first-order valence-corrected chi connectivity index (χ1v) is 7.17. The van der Waals surface area contributed by atoms with Gasteiger partial charge in [0.1, 0.15) is 0 Å². The van der Waals surface area contributed by atoms with Crippen LogP contribution < -0.4 is 16.8 Å². The van der Waals surface area contributed by atoms with Crippen molar-refractivity contribution in [3.63, 3.8) is 0 Å². The first-order chi connectivity index (χ1) is 8.77. The predicted molar refractivity (Wildman–Crippen MR) is 73.7 cm³/mol. The van der Waals surface area contributed by atoms with Gasteiger partial charge in [0.05, 0.1) is 0 Å². The maximum atomic E-state index is 10.3. The number of rotatable bonds is 14. The van der Waals surface area contributed by atoms with Crippen LogP contribution in [-0.2, 0) is 4.79 Å². The van der Waals surface area contributed by atoms with Crippen LogP contribution in [0.4, 0.5) is 0 Å². The molecule has 0 amide bonds. The topological polar surface area (TPSA) is 87.4 Å². The van der Waals surface area contributed by atoms with Gasteiger partial charge < -0.3 is 5.11 Å². The van der Waals surface area contributed by atoms with Crippen LogP contribution in [0.2, 0.25) is 0 Å². The minimum atomic E-state index is -0.672. The van der Waals surface area contributed by atoms with E-state index in [4.69, 9.17) is 10.9 Å². The van der Waals surface area contributed by atoms with E-state index in [9.17, 15) is 4.79 Å². The van der Waals surface area contributed by atoms with E-state index in [1.165, 1.54) is 51.4 Å². The van der Waals surface area contributed by atoms with Gasteiger partial charge in [-0.1, -0.05) is 51.4 Å². The molecule has 0 heterocycles. The molecular formula is C13H29N3O2. The Morgan fingerprint density at radius 2 is 1.28 bits per heavy atom. The molecule has 0 aromatic heterocycles. The Labute approximate surface area is 110 Å². The summed E-state index contributed by atoms with van der Waals surface area (Å²) in [6, 6.07) is 0. The Balaban J connectivity index is 2.92. The molecule has 18 heavy (non-hydrogen) atoms. The van der Waals surface area contributed by atoms with Gasteiger partial charge in [0.2, 0.25) is 0 Å². The number of unbranched alkanes of at least 4 members (excludes halogenated alkanes) is 9. The highest BCUT2D eigenvalue weighted by Gasteiger charge is 1.96. The van der Waals surface area contributed by atoms with Crippen LogP contribution in [0.3, 0.4) is 0 Å². The molecule has 0 radical (unpaired) electrons. The van der Waals surface area contributed by atoms with Crippen molar-refractivity contribution in [2.24, 2.45) is 5.84 Å². The van der Waals surface area contributed by atoms with Gasteiger partial charge in [0, 0.05) is 13.0 Å². The first kappa shape index (κ1) is 17.4. The smallest absolute Gasteiger partial charge is 0.303 e. The molecule has 0 spiro atoms. The fourth-order valence-electron chi connectivity index (χ4n) is 1.98. The number of carboxylic acid groups (broad SMARTS) is 1. The lowest BCUT2D eigenvalue weighted by Gasteiger charge is -2.03. The molecule has 0 aliphatic heterocycles. The molecule has 0 unspecified atom stereocenters. The fourth-order valence-corrected chi connectivity index (χ4v) is 1.98. The molecular weight excluding hydrogens is 230 g/mol. The lowest BCUT2D eigenvalue weighted by molar-refractivity contribution is -0.137. The highest BCUT2D eigenvalue weighted by Crippen LogP contribution is 2.11. The van der Waals surface area contributed by atoms with E-state index in [0.717, 1.165) is 19.4 Å². The quantitative estimate of drug-likeness (QED) is 0.218. The van der Waals surface area contributed by atoms with E-state index in [2.05, 4.69) is 11.0 Å². The summed E-state index contributed by atoms with van der Waals surface area (Å²) in [6.07, 6.45) is 12.3. The van der Waals surface area contributed by atoms with Crippen molar-refractivity contribution in [3.05, 3.63) is 0 Å². The largest absolute Gasteiger partial charge is 0.481 e. The summed E-state index contributed by atoms with van der Waals surface area (Å²) < 4.78 is 0. The van der Waals surface area contributed by atoms with E-state index in [0.29, 0.717) is 6.42 Å². The molecule has 0 saturated carbocycles. The summed E-state index contributed by atoms with van der Waals surface area (Å²) in [5.74, 6) is 4.41. The third-order valence-electron chi connectivity index (χ3n) is 3.04. The third kappa shape index (κ3) is 15.4. The summed E-state index contributed by atoms with van der Waals surface area (Å²) in [7, 11) is 0. The van der Waals surface area contributed by atoms with E-state index < -0.39 is 5.97 Å². The van der Waals surface area contributed by atoms with Crippen molar-refractivity contribution in [1.29, 1.82) is 0 Å². The predicted octanol–water partition coefficient (Wildman–Crippen LogP) is 2.33. The van der Waals surface area contributed by atoms with Crippen LogP contribution in [0.5, 0.6) is 0 Å². The molecule has 0 saturated heterocycles. The fraction of sp³-hybridized carbons (Fsp3) is 0.923. The van der Waals surface area contributed by atoms with E-state index in [-0.39, 0.29) is 0 Å². The zero-order valence-corrected chi connectivity index (χ0v) is 11.4. The van der Waals surface area contributed by atoms with Crippen molar-refractivity contribution in [1.82, 2.24) is 11.0 Å². The summed E-state index contributed by atoms with van der Waals surface area (Å²) >= 11 is 0. The Kier molecular flexibility index (Phi) is 13.9. The van der Waals surface area contributed by atoms with E-state index in [1.807, 2.05) is 0 Å². The number of carboxylic acids is 1. The SMILES string of the molecule is NNNCCCCCCCCCCCCC(=O)O. The molecule has 5 nitrogen and oxygen atoms in total. The number of carbonyl (C=O) groups is 1. The molecule has 0 atom stereocenters. The highest BCUT2D eigenvalue weighted by atomic mass is 16.4. The minimum absolute atomic E-state index is 0.325. The van der Waals surface area contributed by atoms with Crippen LogP contribution >= 0.6 is 0 Å². The summed E-state index contributed by atoms with van der Waals surface area (Å²) in [5, 5.41) is 8.48. The van der Waals surface area contributed by atoms with Gasteiger partial charge in [-0.05, 0) is 12.8 Å². The molecule has 0 aromatic carbocycles. The lowest BCUT2D eigenvalue weighted by Crippen LogP contribution is -2.38. The lowest BCUT2D eigenvalue weighted by atomic mass is 10.1. The minimum Gasteiger partial charge on any atom is -0.481 e. The standard InChI is InChI=1S/C13H29N3O2/c14-16-15-12-10-8-6-4-2-1-3-5-7-9-11-13(17)18/h15-16H,1-12,14H2,(H,17,18). The van der Waals surface area contributed by atoms with Crippen molar-refractivity contribution in [2.45, 2.75) is 70.6 Å². The maximum Gasteiger partial charge on any atom is 0.303 e. The normalized spacial score (nSPS) is 10.7. The highest BCUT2D eigenvalue weighted by molar-refractivity contribution is 5.66. The monoisotopic (exact) mass is 259 g/mol. The summed E-state index contributed by atoms with van der Waals surface area (Å²) in [6.45, 7) is 0.931. The van der Waals surface area contributed by atoms with Gasteiger partial charge in [0.25, 0.3) is 0 Å². The zero-order valence-electron chi connectivity index (χ0n) is 11.4. The second-order valence-corrected chi connectivity index (χ2v) is 4.75. The molecule has 0 aliphatic rings. The second-order valence-electron chi connectivity index (χ2n) is 4.75. The number of hydrogen-bond donors (Lipinski definition) is 4. The molecule has 0 bridgehead atoms. The Morgan fingerprint density at radius 3 is 1.72 bits per heavy atom. The van der Waals surface area contributed by atoms with Crippen LogP contribution in [0, 0.1) is 0 Å². The molecule has 0 fully saturated rings. The second kappa shape index (κ2) is 14.4. The molecule has 0 rings (SSSR count). The average Bonchev–Trinajstić information content (AvgIpc) is 2.34. The van der Waals surface area contributed by atoms with Gasteiger partial charge in [-0.25, -0.2) is 5.43 Å². The van der Waals surface area contributed by atoms with Gasteiger partial charge >= 0.3 is 5.97 Å². The van der Waals surface area contributed by atoms with Crippen molar-refractivity contribution in [3.8, 4) is 0 Å². The number of aliphatic carboxylic acids is 1. The Hall–Kier alpha value is -0.650. The summed E-state index contributed by atoms with van der Waals surface area (Å²) in [4.78, 5) is 10.3. The van der Waals surface area contributed by atoms with Gasteiger partial charge in [-0.2, -0.15) is 5.53 Å². The van der Waals surface area contributed by atoms with Crippen LogP contribution in [0.15, 0.2) is 0 Å². The van der Waals surface area contributed by atoms with Crippen LogP contribution in [0.25, 0.3) is 0 Å². The number of hydrazine groups is 2. The first-order valence-electron chi connectivity index (χ1n) is 7.17. The molecule has 108 valence electrons. The third-order valence-corrected chi connectivity index (χ3v) is 3.04. The maximum absolute atomic E-state index is 10.3. The Bertz CT molecular complexity index is 189. The molecule has 5 heteroatoms.